The summed E-state index contributed by atoms with van der Waals surface area (Å²) in [5.74, 6) is 0. The third-order valence-electron chi connectivity index (χ3n) is 3.24. The lowest BCUT2D eigenvalue weighted by molar-refractivity contribution is -0.689. The van der Waals surface area contributed by atoms with Crippen molar-refractivity contribution in [2.75, 3.05) is 0 Å². The molecule has 0 saturated heterocycles. The van der Waals surface area contributed by atoms with Gasteiger partial charge < -0.3 is 0 Å². The van der Waals surface area contributed by atoms with E-state index in [0.717, 1.165) is 13.0 Å². The average molecular weight is 224 g/mol. The summed E-state index contributed by atoms with van der Waals surface area (Å²) in [6.45, 7) is 1.10. The number of hydrogen-bond donors (Lipinski definition) is 0. The maximum absolute atomic E-state index is 2.31. The largest absolute Gasteiger partial charge is 0.208 e. The molecule has 2 aromatic heterocycles. The van der Waals surface area contributed by atoms with Crippen LogP contribution in [0.4, 0.5) is 0 Å². The molecule has 0 N–H and O–H groups in total. The van der Waals surface area contributed by atoms with E-state index in [1.54, 1.807) is 0 Å². The Morgan fingerprint density at radius 2 is 1.88 bits per heavy atom. The number of nitrogens with zero attached hydrogens (tertiary/aromatic N) is 2. The zero-order chi connectivity index (χ0) is 11.7. The van der Waals surface area contributed by atoms with Gasteiger partial charge in [-0.25, -0.2) is 4.57 Å². The fraction of sp³-hybridized carbons (Fsp3) is 0.200. The van der Waals surface area contributed by atoms with Gasteiger partial charge >= 0.3 is 0 Å². The number of hydrogen-bond acceptors (Lipinski definition) is 0. The minimum atomic E-state index is 1.10. The van der Waals surface area contributed by atoms with E-state index in [2.05, 4.69) is 64.1 Å². The van der Waals surface area contributed by atoms with Crippen LogP contribution >= 0.6 is 0 Å². The van der Waals surface area contributed by atoms with Gasteiger partial charge in [-0.3, -0.25) is 0 Å². The normalized spacial score (nSPS) is 16.2. The highest BCUT2D eigenvalue weighted by Crippen LogP contribution is 2.22. The van der Waals surface area contributed by atoms with Gasteiger partial charge in [0, 0.05) is 36.3 Å². The predicted octanol–water partition coefficient (Wildman–Crippen LogP) is 1.74. The summed E-state index contributed by atoms with van der Waals surface area (Å²) in [4.78, 5) is 0. The minimum absolute atomic E-state index is 1.10. The van der Waals surface area contributed by atoms with Crippen molar-refractivity contribution in [3.05, 3.63) is 60.2 Å². The molecule has 2 nitrogen and oxygen atoms in total. The molecule has 3 heterocycles. The van der Waals surface area contributed by atoms with Gasteiger partial charge in [0.1, 0.15) is 7.05 Å². The van der Waals surface area contributed by atoms with Crippen molar-refractivity contribution in [2.45, 2.75) is 13.0 Å². The Balaban J connectivity index is 1.99. The summed E-state index contributed by atoms with van der Waals surface area (Å²) in [6, 6.07) is 10.7. The number of aryl methyl sites for hydroxylation is 2. The van der Waals surface area contributed by atoms with Crippen molar-refractivity contribution < 1.29 is 9.13 Å². The van der Waals surface area contributed by atoms with Crippen LogP contribution in [-0.4, -0.2) is 0 Å². The Kier molecular flexibility index (Phi) is 2.48. The molecule has 3 rings (SSSR count). The zero-order valence-corrected chi connectivity index (χ0v) is 10.0. The summed E-state index contributed by atoms with van der Waals surface area (Å²) in [5.41, 5.74) is 4.05. The quantitative estimate of drug-likeness (QED) is 0.652. The molecule has 17 heavy (non-hydrogen) atoms. The molecule has 0 fully saturated rings. The molecule has 0 bridgehead atoms. The molecule has 1 aliphatic heterocycles. The first-order valence-electron chi connectivity index (χ1n) is 5.98. The van der Waals surface area contributed by atoms with E-state index in [9.17, 15) is 0 Å². The van der Waals surface area contributed by atoms with Crippen LogP contribution < -0.4 is 9.13 Å². The molecule has 0 unspecified atom stereocenters. The van der Waals surface area contributed by atoms with E-state index >= 15 is 0 Å². The summed E-state index contributed by atoms with van der Waals surface area (Å²) in [5, 5.41) is 0. The second-order valence-electron chi connectivity index (χ2n) is 4.50. The Bertz CT molecular complexity index is 568. The van der Waals surface area contributed by atoms with Gasteiger partial charge in [-0.1, -0.05) is 0 Å². The summed E-state index contributed by atoms with van der Waals surface area (Å²) in [6.07, 6.45) is 9.74. The lowest BCUT2D eigenvalue weighted by Gasteiger charge is -1.95. The first kappa shape index (κ1) is 10.2. The van der Waals surface area contributed by atoms with Crippen LogP contribution in [-0.2, 0) is 13.6 Å². The molecule has 0 atom stereocenters. The fourth-order valence-electron chi connectivity index (χ4n) is 2.29. The Hall–Kier alpha value is -1.96. The van der Waals surface area contributed by atoms with Gasteiger partial charge in [-0.2, -0.15) is 4.57 Å². The number of pyridine rings is 2. The first-order chi connectivity index (χ1) is 8.33. The SMILES string of the molecule is C[n+]1ccc(/C=C2\CC[n+]3ccccc32)cc1. The Morgan fingerprint density at radius 3 is 2.71 bits per heavy atom. The van der Waals surface area contributed by atoms with Gasteiger partial charge in [0.15, 0.2) is 25.1 Å². The lowest BCUT2D eigenvalue weighted by Crippen LogP contribution is -2.31. The van der Waals surface area contributed by atoms with Gasteiger partial charge in [-0.15, -0.1) is 0 Å². The lowest BCUT2D eigenvalue weighted by atomic mass is 10.1. The van der Waals surface area contributed by atoms with Crippen LogP contribution in [0.25, 0.3) is 11.6 Å². The third-order valence-corrected chi connectivity index (χ3v) is 3.24. The molecule has 0 amide bonds. The van der Waals surface area contributed by atoms with E-state index in [-0.39, 0.29) is 0 Å². The van der Waals surface area contributed by atoms with Crippen molar-refractivity contribution >= 4 is 11.6 Å². The van der Waals surface area contributed by atoms with Gasteiger partial charge in [0.05, 0.1) is 0 Å². The molecule has 84 valence electrons. The Labute approximate surface area is 101 Å². The molecule has 0 aliphatic carbocycles. The van der Waals surface area contributed by atoms with Crippen molar-refractivity contribution in [3.8, 4) is 0 Å². The summed E-state index contributed by atoms with van der Waals surface area (Å²) in [7, 11) is 2.04. The maximum atomic E-state index is 2.31. The summed E-state index contributed by atoms with van der Waals surface area (Å²) >= 11 is 0. The molecule has 2 aromatic rings. The van der Waals surface area contributed by atoms with Crippen LogP contribution in [0.3, 0.4) is 0 Å². The van der Waals surface area contributed by atoms with Crippen molar-refractivity contribution in [1.29, 1.82) is 0 Å². The molecule has 0 radical (unpaired) electrons. The van der Waals surface area contributed by atoms with Crippen LogP contribution in [0, 0.1) is 0 Å². The zero-order valence-electron chi connectivity index (χ0n) is 10.0. The molecule has 1 aliphatic rings. The highest BCUT2D eigenvalue weighted by atomic mass is 15.0. The standard InChI is InChI=1S/C15H16N2/c1-16-9-5-13(6-10-16)12-14-7-11-17-8-3-2-4-15(14)17/h2-6,8-10,12H,7,11H2,1H3/q+2/b14-12+. The number of allylic oxidation sites excluding steroid dienone is 1. The van der Waals surface area contributed by atoms with Gasteiger partial charge in [0.25, 0.3) is 0 Å². The molecular weight excluding hydrogens is 208 g/mol. The number of fused-ring (bicyclic) bond motifs is 1. The van der Waals surface area contributed by atoms with Crippen LogP contribution in [0.15, 0.2) is 48.9 Å². The maximum Gasteiger partial charge on any atom is 0.208 e. The molecule has 0 spiro atoms. The summed E-state index contributed by atoms with van der Waals surface area (Å²) < 4.78 is 4.37. The van der Waals surface area contributed by atoms with Gasteiger partial charge in [-0.05, 0) is 17.7 Å². The second-order valence-corrected chi connectivity index (χ2v) is 4.50. The Morgan fingerprint density at radius 1 is 1.06 bits per heavy atom. The number of rotatable bonds is 1. The minimum Gasteiger partial charge on any atom is -0.208 e. The molecule has 2 heteroatoms. The number of aromatic nitrogens is 2. The fourth-order valence-corrected chi connectivity index (χ4v) is 2.29. The topological polar surface area (TPSA) is 7.76 Å². The van der Waals surface area contributed by atoms with Crippen LogP contribution in [0.1, 0.15) is 17.7 Å². The third kappa shape index (κ3) is 1.98. The molecular formula is C15H16N2+2. The van der Waals surface area contributed by atoms with Crippen molar-refractivity contribution in [1.82, 2.24) is 0 Å². The van der Waals surface area contributed by atoms with E-state index in [4.69, 9.17) is 0 Å². The van der Waals surface area contributed by atoms with E-state index in [0.29, 0.717) is 0 Å². The van der Waals surface area contributed by atoms with E-state index < -0.39 is 0 Å². The first-order valence-corrected chi connectivity index (χ1v) is 5.98. The highest BCUT2D eigenvalue weighted by Gasteiger charge is 2.22. The molecule has 0 saturated carbocycles. The van der Waals surface area contributed by atoms with E-state index in [1.807, 2.05) is 7.05 Å². The highest BCUT2D eigenvalue weighted by molar-refractivity contribution is 5.79. The van der Waals surface area contributed by atoms with Gasteiger partial charge in [0.2, 0.25) is 5.69 Å². The van der Waals surface area contributed by atoms with E-state index in [1.165, 1.54) is 16.8 Å². The smallest absolute Gasteiger partial charge is 0.208 e. The molecule has 0 aromatic carbocycles. The van der Waals surface area contributed by atoms with Crippen LogP contribution in [0.5, 0.6) is 0 Å². The monoisotopic (exact) mass is 224 g/mol. The average Bonchev–Trinajstić information content (AvgIpc) is 2.76. The second kappa shape index (κ2) is 4.13. The van der Waals surface area contributed by atoms with Crippen molar-refractivity contribution in [2.24, 2.45) is 7.05 Å². The van der Waals surface area contributed by atoms with Crippen LogP contribution in [0.2, 0.25) is 0 Å². The van der Waals surface area contributed by atoms with Crippen molar-refractivity contribution in [3.63, 3.8) is 0 Å². The predicted molar refractivity (Wildman–Crippen MR) is 66.7 cm³/mol.